The summed E-state index contributed by atoms with van der Waals surface area (Å²) in [7, 11) is 1.61. The second kappa shape index (κ2) is 5.99. The largest absolute Gasteiger partial charge is 0.497 e. The number of carboxylic acids is 1. The van der Waals surface area contributed by atoms with Gasteiger partial charge in [-0.2, -0.15) is 0 Å². The van der Waals surface area contributed by atoms with Crippen LogP contribution in [0, 0.1) is 23.7 Å². The summed E-state index contributed by atoms with van der Waals surface area (Å²) in [5.41, 5.74) is 0.976. The minimum absolute atomic E-state index is 0.115. The summed E-state index contributed by atoms with van der Waals surface area (Å²) in [4.78, 5) is 23.9. The minimum Gasteiger partial charge on any atom is -0.497 e. The number of rotatable bonds is 5. The number of amides is 1. The molecule has 2 N–H and O–H groups in total. The van der Waals surface area contributed by atoms with Crippen LogP contribution in [0.2, 0.25) is 0 Å². The van der Waals surface area contributed by atoms with Crippen molar-refractivity contribution in [2.45, 2.75) is 25.8 Å². The molecular weight excluding hydrogens is 282 g/mol. The molecule has 0 heterocycles. The predicted molar refractivity (Wildman–Crippen MR) is 80.3 cm³/mol. The van der Waals surface area contributed by atoms with Gasteiger partial charge in [0, 0.05) is 6.54 Å². The van der Waals surface area contributed by atoms with Crippen LogP contribution >= 0.6 is 0 Å². The Labute approximate surface area is 129 Å². The summed E-state index contributed by atoms with van der Waals surface area (Å²) in [5, 5.41) is 12.3. The van der Waals surface area contributed by atoms with Gasteiger partial charge in [-0.15, -0.1) is 0 Å². The maximum Gasteiger partial charge on any atom is 0.307 e. The van der Waals surface area contributed by atoms with Crippen LogP contribution in [0.25, 0.3) is 0 Å². The average molecular weight is 303 g/mol. The Bertz CT molecular complexity index is 569. The molecular formula is C17H21NO4. The molecule has 1 aromatic rings. The molecule has 0 unspecified atom stereocenters. The van der Waals surface area contributed by atoms with Crippen molar-refractivity contribution in [3.05, 3.63) is 29.8 Å². The Balaban J connectivity index is 1.62. The first-order chi connectivity index (χ1) is 10.6. The monoisotopic (exact) mass is 303 g/mol. The summed E-state index contributed by atoms with van der Waals surface area (Å²) in [6.45, 7) is 0.420. The van der Waals surface area contributed by atoms with Gasteiger partial charge in [-0.3, -0.25) is 9.59 Å². The molecule has 4 atom stereocenters. The predicted octanol–water partition coefficient (Wildman–Crippen LogP) is 2.06. The van der Waals surface area contributed by atoms with E-state index in [-0.39, 0.29) is 23.7 Å². The molecule has 1 amide bonds. The molecule has 2 aliphatic rings. The summed E-state index contributed by atoms with van der Waals surface area (Å²) < 4.78 is 5.10. The van der Waals surface area contributed by atoms with E-state index in [1.165, 1.54) is 0 Å². The number of ether oxygens (including phenoxy) is 1. The number of fused-ring (bicyclic) bond motifs is 2. The Morgan fingerprint density at radius 2 is 1.82 bits per heavy atom. The second-order valence-corrected chi connectivity index (χ2v) is 6.29. The van der Waals surface area contributed by atoms with E-state index in [9.17, 15) is 14.7 Å². The molecule has 0 saturated heterocycles. The van der Waals surface area contributed by atoms with E-state index in [0.29, 0.717) is 6.54 Å². The van der Waals surface area contributed by atoms with E-state index >= 15 is 0 Å². The van der Waals surface area contributed by atoms with Gasteiger partial charge < -0.3 is 15.2 Å². The second-order valence-electron chi connectivity index (χ2n) is 6.29. The first-order valence-corrected chi connectivity index (χ1v) is 7.73. The van der Waals surface area contributed by atoms with E-state index in [1.807, 2.05) is 24.3 Å². The topological polar surface area (TPSA) is 75.6 Å². The highest BCUT2D eigenvalue weighted by atomic mass is 16.5. The number of hydrogen-bond acceptors (Lipinski definition) is 3. The molecule has 2 saturated carbocycles. The molecule has 3 rings (SSSR count). The van der Waals surface area contributed by atoms with Crippen LogP contribution in [0.3, 0.4) is 0 Å². The van der Waals surface area contributed by atoms with Gasteiger partial charge in [0.15, 0.2) is 0 Å². The van der Waals surface area contributed by atoms with E-state index in [1.54, 1.807) is 7.11 Å². The summed E-state index contributed by atoms with van der Waals surface area (Å²) >= 11 is 0. The van der Waals surface area contributed by atoms with Gasteiger partial charge in [0.25, 0.3) is 0 Å². The summed E-state index contributed by atoms with van der Waals surface area (Å²) in [5.74, 6) is -0.619. The van der Waals surface area contributed by atoms with Crippen LogP contribution in [-0.4, -0.2) is 24.1 Å². The van der Waals surface area contributed by atoms with Crippen molar-refractivity contribution in [3.8, 4) is 5.75 Å². The molecule has 5 heteroatoms. The van der Waals surface area contributed by atoms with Crippen molar-refractivity contribution in [2.75, 3.05) is 7.11 Å². The molecule has 5 nitrogen and oxygen atoms in total. The van der Waals surface area contributed by atoms with Crippen molar-refractivity contribution in [1.82, 2.24) is 5.32 Å². The Kier molecular flexibility index (Phi) is 4.05. The van der Waals surface area contributed by atoms with Gasteiger partial charge >= 0.3 is 5.97 Å². The van der Waals surface area contributed by atoms with E-state index in [0.717, 1.165) is 30.6 Å². The number of carboxylic acid groups (broad SMARTS) is 1. The highest BCUT2D eigenvalue weighted by molar-refractivity contribution is 5.86. The quantitative estimate of drug-likeness (QED) is 0.873. The first-order valence-electron chi connectivity index (χ1n) is 7.73. The number of carbonyl (C=O) groups is 2. The number of aliphatic carboxylic acids is 1. The molecule has 22 heavy (non-hydrogen) atoms. The van der Waals surface area contributed by atoms with Crippen molar-refractivity contribution < 1.29 is 19.4 Å². The van der Waals surface area contributed by atoms with Crippen molar-refractivity contribution in [2.24, 2.45) is 23.7 Å². The van der Waals surface area contributed by atoms with Gasteiger partial charge in [-0.25, -0.2) is 0 Å². The number of nitrogens with one attached hydrogen (secondary N) is 1. The minimum atomic E-state index is -0.822. The Morgan fingerprint density at radius 3 is 2.41 bits per heavy atom. The molecule has 1 aromatic carbocycles. The highest BCUT2D eigenvalue weighted by Crippen LogP contribution is 2.52. The van der Waals surface area contributed by atoms with Gasteiger partial charge in [-0.1, -0.05) is 12.1 Å². The smallest absolute Gasteiger partial charge is 0.307 e. The van der Waals surface area contributed by atoms with Gasteiger partial charge in [0.05, 0.1) is 18.9 Å². The number of benzene rings is 1. The fourth-order valence-corrected chi connectivity index (χ4v) is 4.07. The molecule has 0 aliphatic heterocycles. The SMILES string of the molecule is COc1ccc(CNC(=O)[C@@H]2[C@H]3CC[C@@H](C3)[C@@H]2C(=O)O)cc1. The van der Waals surface area contributed by atoms with Crippen molar-refractivity contribution in [1.29, 1.82) is 0 Å². The lowest BCUT2D eigenvalue weighted by Crippen LogP contribution is -2.41. The average Bonchev–Trinajstić information content (AvgIpc) is 3.14. The van der Waals surface area contributed by atoms with Crippen LogP contribution in [0.15, 0.2) is 24.3 Å². The van der Waals surface area contributed by atoms with E-state index < -0.39 is 11.9 Å². The third-order valence-corrected chi connectivity index (χ3v) is 5.13. The summed E-state index contributed by atoms with van der Waals surface area (Å²) in [6, 6.07) is 7.49. The third-order valence-electron chi connectivity index (χ3n) is 5.13. The zero-order valence-corrected chi connectivity index (χ0v) is 12.6. The van der Waals surface area contributed by atoms with Crippen LogP contribution < -0.4 is 10.1 Å². The molecule has 2 aliphatic carbocycles. The fraction of sp³-hybridized carbons (Fsp3) is 0.529. The molecule has 0 aromatic heterocycles. The molecule has 2 bridgehead atoms. The first kappa shape index (κ1) is 14.9. The zero-order chi connectivity index (χ0) is 15.7. The van der Waals surface area contributed by atoms with Gasteiger partial charge in [0.1, 0.15) is 5.75 Å². The van der Waals surface area contributed by atoms with Crippen molar-refractivity contribution in [3.63, 3.8) is 0 Å². The molecule has 118 valence electrons. The molecule has 0 spiro atoms. The summed E-state index contributed by atoms with van der Waals surface area (Å²) in [6.07, 6.45) is 2.82. The van der Waals surface area contributed by atoms with Crippen LogP contribution in [0.4, 0.5) is 0 Å². The van der Waals surface area contributed by atoms with Gasteiger partial charge in [0.2, 0.25) is 5.91 Å². The Morgan fingerprint density at radius 1 is 1.18 bits per heavy atom. The van der Waals surface area contributed by atoms with Crippen molar-refractivity contribution >= 4 is 11.9 Å². The van der Waals surface area contributed by atoms with Crippen LogP contribution in [-0.2, 0) is 16.1 Å². The lowest BCUT2D eigenvalue weighted by molar-refractivity contribution is -0.149. The number of methoxy groups -OCH3 is 1. The molecule has 0 radical (unpaired) electrons. The normalized spacial score (nSPS) is 29.3. The third kappa shape index (κ3) is 2.67. The standard InChI is InChI=1S/C17H21NO4/c1-22-13-6-2-10(3-7-13)9-18-16(19)14-11-4-5-12(8-11)15(14)17(20)21/h2-3,6-7,11-12,14-15H,4-5,8-9H2,1H3,(H,18,19)(H,20,21)/t11-,12-,14+,15-/m0/s1. The fourth-order valence-electron chi connectivity index (χ4n) is 4.07. The maximum absolute atomic E-state index is 12.4. The number of hydrogen-bond donors (Lipinski definition) is 2. The lowest BCUT2D eigenvalue weighted by atomic mass is 9.78. The molecule has 2 fully saturated rings. The Hall–Kier alpha value is -2.04. The van der Waals surface area contributed by atoms with E-state index in [2.05, 4.69) is 5.32 Å². The van der Waals surface area contributed by atoms with Crippen LogP contribution in [0.5, 0.6) is 5.75 Å². The van der Waals surface area contributed by atoms with Crippen LogP contribution in [0.1, 0.15) is 24.8 Å². The maximum atomic E-state index is 12.4. The number of carbonyl (C=O) groups excluding carboxylic acids is 1. The lowest BCUT2D eigenvalue weighted by Gasteiger charge is -2.27. The van der Waals surface area contributed by atoms with Gasteiger partial charge in [-0.05, 0) is 48.8 Å². The van der Waals surface area contributed by atoms with E-state index in [4.69, 9.17) is 4.74 Å². The highest BCUT2D eigenvalue weighted by Gasteiger charge is 2.53. The zero-order valence-electron chi connectivity index (χ0n) is 12.6.